The van der Waals surface area contributed by atoms with Gasteiger partial charge in [-0.2, -0.15) is 0 Å². The first-order chi connectivity index (χ1) is 16.9. The number of fused-ring (bicyclic) bond motifs is 1. The average molecular weight is 494 g/mol. The van der Waals surface area contributed by atoms with Gasteiger partial charge in [0.05, 0.1) is 29.9 Å². The minimum absolute atomic E-state index is 0.228. The fourth-order valence-corrected chi connectivity index (χ4v) is 5.38. The number of nitrogens with zero attached hydrogens (tertiary/aromatic N) is 3. The Morgan fingerprint density at radius 2 is 1.69 bits per heavy atom. The first kappa shape index (κ1) is 23.1. The first-order valence-electron chi connectivity index (χ1n) is 11.5. The topological polar surface area (TPSA) is 104 Å². The van der Waals surface area contributed by atoms with Crippen molar-refractivity contribution in [1.82, 2.24) is 9.88 Å². The predicted molar refractivity (Wildman–Crippen MR) is 136 cm³/mol. The molecule has 0 aliphatic carbocycles. The molecule has 0 spiro atoms. The molecule has 0 saturated carbocycles. The van der Waals surface area contributed by atoms with Gasteiger partial charge in [0, 0.05) is 37.1 Å². The van der Waals surface area contributed by atoms with Crippen molar-refractivity contribution in [2.24, 2.45) is 0 Å². The SMILES string of the molecule is O=C(Nc1ccccc1)N1CCOc2cc(Nc3ccc(CN4CCS(=O)(=O)CC4)cc3)cnc21. The highest BCUT2D eigenvalue weighted by Crippen LogP contribution is 2.33. The van der Waals surface area contributed by atoms with E-state index in [1.165, 1.54) is 0 Å². The lowest BCUT2D eigenvalue weighted by atomic mass is 10.2. The predicted octanol–water partition coefficient (Wildman–Crippen LogP) is 3.49. The Bertz CT molecular complexity index is 1290. The van der Waals surface area contributed by atoms with Gasteiger partial charge in [0.15, 0.2) is 21.4 Å². The Morgan fingerprint density at radius 3 is 2.43 bits per heavy atom. The van der Waals surface area contributed by atoms with E-state index in [9.17, 15) is 13.2 Å². The van der Waals surface area contributed by atoms with Crippen LogP contribution in [0.4, 0.5) is 27.7 Å². The van der Waals surface area contributed by atoms with Crippen molar-refractivity contribution in [2.75, 3.05) is 53.3 Å². The highest BCUT2D eigenvalue weighted by atomic mass is 32.2. The normalized spacial score (nSPS) is 17.2. The van der Waals surface area contributed by atoms with E-state index in [0.717, 1.165) is 29.2 Å². The van der Waals surface area contributed by atoms with Gasteiger partial charge in [0.2, 0.25) is 0 Å². The van der Waals surface area contributed by atoms with E-state index in [-0.39, 0.29) is 17.5 Å². The van der Waals surface area contributed by atoms with Gasteiger partial charge in [-0.3, -0.25) is 9.80 Å². The minimum atomic E-state index is -2.87. The molecule has 5 rings (SSSR count). The van der Waals surface area contributed by atoms with E-state index in [1.807, 2.05) is 60.7 Å². The van der Waals surface area contributed by atoms with Crippen molar-refractivity contribution >= 4 is 38.7 Å². The molecule has 10 heteroatoms. The van der Waals surface area contributed by atoms with Crippen molar-refractivity contribution in [3.05, 3.63) is 72.4 Å². The lowest BCUT2D eigenvalue weighted by molar-refractivity contribution is 0.249. The van der Waals surface area contributed by atoms with E-state index in [0.29, 0.717) is 37.8 Å². The number of anilines is 4. The molecule has 1 saturated heterocycles. The number of pyridine rings is 1. The highest BCUT2D eigenvalue weighted by Gasteiger charge is 2.26. The minimum Gasteiger partial charge on any atom is -0.488 e. The van der Waals surface area contributed by atoms with Crippen LogP contribution < -0.4 is 20.3 Å². The molecule has 2 amide bonds. The zero-order valence-electron chi connectivity index (χ0n) is 19.2. The number of amides is 2. The van der Waals surface area contributed by atoms with Gasteiger partial charge in [0.25, 0.3) is 0 Å². The number of rotatable bonds is 5. The Hall–Kier alpha value is -3.63. The second-order valence-electron chi connectivity index (χ2n) is 8.59. The molecule has 1 fully saturated rings. The third kappa shape index (κ3) is 5.72. The summed E-state index contributed by atoms with van der Waals surface area (Å²) in [7, 11) is -2.87. The number of carbonyl (C=O) groups is 1. The number of sulfone groups is 1. The van der Waals surface area contributed by atoms with E-state index in [2.05, 4.69) is 20.5 Å². The highest BCUT2D eigenvalue weighted by molar-refractivity contribution is 7.91. The Morgan fingerprint density at radius 1 is 0.943 bits per heavy atom. The fourth-order valence-electron chi connectivity index (χ4n) is 4.10. The monoisotopic (exact) mass is 493 g/mol. The largest absolute Gasteiger partial charge is 0.488 e. The molecule has 1 aromatic heterocycles. The molecule has 3 heterocycles. The summed E-state index contributed by atoms with van der Waals surface area (Å²) in [6, 6.07) is 18.9. The third-order valence-electron chi connectivity index (χ3n) is 6.02. The number of urea groups is 1. The number of benzene rings is 2. The van der Waals surface area contributed by atoms with E-state index < -0.39 is 9.84 Å². The quantitative estimate of drug-likeness (QED) is 0.561. The maximum atomic E-state index is 12.8. The van der Waals surface area contributed by atoms with Crippen molar-refractivity contribution in [2.45, 2.75) is 6.54 Å². The molecule has 2 N–H and O–H groups in total. The van der Waals surface area contributed by atoms with Crippen LogP contribution in [0.25, 0.3) is 0 Å². The van der Waals surface area contributed by atoms with Crippen LogP contribution in [0.1, 0.15) is 5.56 Å². The molecule has 3 aromatic rings. The molecule has 182 valence electrons. The van der Waals surface area contributed by atoms with E-state index in [1.54, 1.807) is 11.1 Å². The van der Waals surface area contributed by atoms with Gasteiger partial charge >= 0.3 is 6.03 Å². The third-order valence-corrected chi connectivity index (χ3v) is 7.63. The van der Waals surface area contributed by atoms with Gasteiger partial charge in [-0.15, -0.1) is 0 Å². The van der Waals surface area contributed by atoms with E-state index >= 15 is 0 Å². The maximum absolute atomic E-state index is 12.8. The molecule has 2 aromatic carbocycles. The average Bonchev–Trinajstić information content (AvgIpc) is 2.86. The Balaban J connectivity index is 1.22. The smallest absolute Gasteiger partial charge is 0.327 e. The lowest BCUT2D eigenvalue weighted by Crippen LogP contribution is -2.41. The van der Waals surface area contributed by atoms with Gasteiger partial charge in [0.1, 0.15) is 6.61 Å². The number of aromatic nitrogens is 1. The number of hydrogen-bond donors (Lipinski definition) is 2. The van der Waals surface area contributed by atoms with Crippen LogP contribution in [0, 0.1) is 0 Å². The van der Waals surface area contributed by atoms with Crippen molar-refractivity contribution < 1.29 is 17.9 Å². The summed E-state index contributed by atoms with van der Waals surface area (Å²) in [6.45, 7) is 2.67. The van der Waals surface area contributed by atoms with Crippen molar-refractivity contribution in [3.63, 3.8) is 0 Å². The van der Waals surface area contributed by atoms with Crippen molar-refractivity contribution in [1.29, 1.82) is 0 Å². The van der Waals surface area contributed by atoms with Crippen LogP contribution in [0.2, 0.25) is 0 Å². The summed E-state index contributed by atoms with van der Waals surface area (Å²) in [4.78, 5) is 21.0. The molecule has 0 bridgehead atoms. The summed E-state index contributed by atoms with van der Waals surface area (Å²) in [5.41, 5.74) is 3.49. The number of para-hydroxylation sites is 1. The van der Waals surface area contributed by atoms with Gasteiger partial charge in [-0.25, -0.2) is 18.2 Å². The second-order valence-corrected chi connectivity index (χ2v) is 10.9. The van der Waals surface area contributed by atoms with Crippen LogP contribution in [0.3, 0.4) is 0 Å². The van der Waals surface area contributed by atoms with Crippen LogP contribution >= 0.6 is 0 Å². The summed E-state index contributed by atoms with van der Waals surface area (Å²) in [6.07, 6.45) is 1.68. The molecule has 35 heavy (non-hydrogen) atoms. The van der Waals surface area contributed by atoms with E-state index in [4.69, 9.17) is 4.74 Å². The number of ether oxygens (including phenoxy) is 1. The van der Waals surface area contributed by atoms with Crippen LogP contribution in [-0.2, 0) is 16.4 Å². The summed E-state index contributed by atoms with van der Waals surface area (Å²) in [5.74, 6) is 1.48. The molecule has 2 aliphatic heterocycles. The molecular formula is C25H27N5O4S. The maximum Gasteiger partial charge on any atom is 0.327 e. The standard InChI is InChI=1S/C25H27N5O4S/c31-25(28-20-4-2-1-3-5-20)30-10-13-34-23-16-22(17-26-24(23)30)27-21-8-6-19(7-9-21)18-29-11-14-35(32,33)15-12-29/h1-9,16-17,27H,10-15,18H2,(H,28,31). The van der Waals surface area contributed by atoms with Crippen LogP contribution in [-0.4, -0.2) is 62.1 Å². The van der Waals surface area contributed by atoms with Gasteiger partial charge in [-0.1, -0.05) is 30.3 Å². The van der Waals surface area contributed by atoms with Gasteiger partial charge < -0.3 is 15.4 Å². The second kappa shape index (κ2) is 9.93. The zero-order chi connectivity index (χ0) is 24.3. The molecule has 0 atom stereocenters. The molecule has 0 unspecified atom stereocenters. The summed E-state index contributed by atoms with van der Waals surface area (Å²) in [5, 5.41) is 6.21. The number of nitrogens with one attached hydrogen (secondary N) is 2. The molecule has 9 nitrogen and oxygen atoms in total. The first-order valence-corrected chi connectivity index (χ1v) is 13.3. The van der Waals surface area contributed by atoms with Crippen molar-refractivity contribution in [3.8, 4) is 5.75 Å². The van der Waals surface area contributed by atoms with Crippen LogP contribution in [0.5, 0.6) is 5.75 Å². The molecular weight excluding hydrogens is 466 g/mol. The summed E-state index contributed by atoms with van der Waals surface area (Å²) < 4.78 is 29.0. The lowest BCUT2D eigenvalue weighted by Gasteiger charge is -2.28. The van der Waals surface area contributed by atoms with Gasteiger partial charge in [-0.05, 0) is 29.8 Å². The molecule has 0 radical (unpaired) electrons. The zero-order valence-corrected chi connectivity index (χ0v) is 20.0. The Labute approximate surface area is 204 Å². The number of carbonyl (C=O) groups excluding carboxylic acids is 1. The fraction of sp³-hybridized carbons (Fsp3) is 0.280. The number of hydrogen-bond acceptors (Lipinski definition) is 7. The summed E-state index contributed by atoms with van der Waals surface area (Å²) >= 11 is 0. The Kier molecular flexibility index (Phi) is 6.56. The van der Waals surface area contributed by atoms with Crippen LogP contribution in [0.15, 0.2) is 66.9 Å². The molecule has 2 aliphatic rings.